The lowest BCUT2D eigenvalue weighted by Gasteiger charge is -2.25. The van der Waals surface area contributed by atoms with Crippen molar-refractivity contribution in [1.29, 1.82) is 0 Å². The lowest BCUT2D eigenvalue weighted by atomic mass is 10.0. The average molecular weight is 324 g/mol. The second-order valence-electron chi connectivity index (χ2n) is 5.40. The van der Waals surface area contributed by atoms with Gasteiger partial charge in [0.2, 0.25) is 0 Å². The predicted octanol–water partition coefficient (Wildman–Crippen LogP) is 1.57. The number of hydrogen-bond acceptors (Lipinski definition) is 4. The van der Waals surface area contributed by atoms with Crippen molar-refractivity contribution < 1.29 is 19.2 Å². The van der Waals surface area contributed by atoms with Gasteiger partial charge in [0.25, 0.3) is 17.7 Å². The third kappa shape index (κ3) is 2.79. The van der Waals surface area contributed by atoms with Gasteiger partial charge in [-0.2, -0.15) is 0 Å². The number of nitrogens with one attached hydrogen (secondary N) is 1. The van der Waals surface area contributed by atoms with E-state index in [0.29, 0.717) is 11.1 Å². The van der Waals surface area contributed by atoms with Gasteiger partial charge in [-0.1, -0.05) is 42.5 Å². The van der Waals surface area contributed by atoms with Crippen molar-refractivity contribution in [2.45, 2.75) is 12.5 Å². The second kappa shape index (κ2) is 6.64. The van der Waals surface area contributed by atoms with Crippen LogP contribution in [0.1, 0.15) is 26.3 Å². The summed E-state index contributed by atoms with van der Waals surface area (Å²) in [6.07, 6.45) is 0.210. The summed E-state index contributed by atoms with van der Waals surface area (Å²) in [6.45, 7) is 0. The number of amides is 3. The first-order valence-electron chi connectivity index (χ1n) is 7.47. The molecule has 1 atom stereocenters. The van der Waals surface area contributed by atoms with Crippen LogP contribution >= 0.6 is 0 Å². The normalized spacial score (nSPS) is 14.5. The van der Waals surface area contributed by atoms with Crippen molar-refractivity contribution >= 4 is 17.7 Å². The summed E-state index contributed by atoms with van der Waals surface area (Å²) in [5.74, 6) is -1.48. The fourth-order valence-electron chi connectivity index (χ4n) is 2.80. The summed E-state index contributed by atoms with van der Waals surface area (Å²) >= 11 is 0. The Morgan fingerprint density at radius 1 is 1.00 bits per heavy atom. The highest BCUT2D eigenvalue weighted by Gasteiger charge is 2.42. The van der Waals surface area contributed by atoms with Crippen LogP contribution in [0.3, 0.4) is 0 Å². The molecule has 0 unspecified atom stereocenters. The number of rotatable bonds is 5. The number of benzene rings is 2. The van der Waals surface area contributed by atoms with Crippen LogP contribution in [0.5, 0.6) is 0 Å². The maximum atomic E-state index is 12.6. The summed E-state index contributed by atoms with van der Waals surface area (Å²) < 4.78 is 0. The van der Waals surface area contributed by atoms with Gasteiger partial charge in [0.05, 0.1) is 18.2 Å². The van der Waals surface area contributed by atoms with Crippen LogP contribution in [-0.2, 0) is 16.1 Å². The maximum Gasteiger partial charge on any atom is 0.267 e. The van der Waals surface area contributed by atoms with Gasteiger partial charge in [-0.25, -0.2) is 5.48 Å². The fourth-order valence-corrected chi connectivity index (χ4v) is 2.80. The molecule has 122 valence electrons. The van der Waals surface area contributed by atoms with Crippen LogP contribution in [0, 0.1) is 0 Å². The van der Waals surface area contributed by atoms with Gasteiger partial charge < -0.3 is 0 Å². The van der Waals surface area contributed by atoms with Crippen LogP contribution in [0.15, 0.2) is 54.6 Å². The lowest BCUT2D eigenvalue weighted by molar-refractivity contribution is -0.135. The molecule has 1 aliphatic rings. The molecule has 0 saturated carbocycles. The van der Waals surface area contributed by atoms with Gasteiger partial charge in [0.1, 0.15) is 6.04 Å². The largest absolute Gasteiger partial charge is 0.277 e. The number of imide groups is 1. The Morgan fingerprint density at radius 2 is 1.54 bits per heavy atom. The highest BCUT2D eigenvalue weighted by Crippen LogP contribution is 2.26. The van der Waals surface area contributed by atoms with Gasteiger partial charge in [0, 0.05) is 6.42 Å². The molecule has 2 aromatic rings. The molecule has 0 aliphatic carbocycles. The molecule has 1 N–H and O–H groups in total. The van der Waals surface area contributed by atoms with E-state index in [1.165, 1.54) is 7.11 Å². The van der Waals surface area contributed by atoms with Crippen LogP contribution in [-0.4, -0.2) is 35.8 Å². The van der Waals surface area contributed by atoms with Gasteiger partial charge in [-0.15, -0.1) is 0 Å². The second-order valence-corrected chi connectivity index (χ2v) is 5.40. The number of hydrogen-bond donors (Lipinski definition) is 1. The zero-order chi connectivity index (χ0) is 17.1. The van der Waals surface area contributed by atoms with Crippen LogP contribution in [0.25, 0.3) is 0 Å². The van der Waals surface area contributed by atoms with Gasteiger partial charge in [-0.3, -0.25) is 24.1 Å². The Bertz CT molecular complexity index is 754. The first-order valence-corrected chi connectivity index (χ1v) is 7.47. The molecule has 6 heteroatoms. The molecular weight excluding hydrogens is 308 g/mol. The first kappa shape index (κ1) is 15.9. The minimum Gasteiger partial charge on any atom is -0.277 e. The van der Waals surface area contributed by atoms with E-state index >= 15 is 0 Å². The Balaban J connectivity index is 1.96. The molecule has 0 bridgehead atoms. The number of nitrogens with zero attached hydrogens (tertiary/aromatic N) is 1. The third-order valence-electron chi connectivity index (χ3n) is 3.91. The predicted molar refractivity (Wildman–Crippen MR) is 86.0 cm³/mol. The standard InChI is InChI=1S/C18H16N2O4/c1-24-19-16(21)15(11-12-7-3-2-4-8-12)20-17(22)13-9-5-6-10-14(13)18(20)23/h2-10,15H,11H2,1H3,(H,19,21)/t15-/m0/s1. The van der Waals surface area contributed by atoms with Crippen LogP contribution in [0.4, 0.5) is 0 Å². The lowest BCUT2D eigenvalue weighted by Crippen LogP contribution is -2.50. The van der Waals surface area contributed by atoms with Crippen molar-refractivity contribution in [3.8, 4) is 0 Å². The number of carbonyl (C=O) groups is 3. The number of fused-ring (bicyclic) bond motifs is 1. The van der Waals surface area contributed by atoms with E-state index in [0.717, 1.165) is 10.5 Å². The van der Waals surface area contributed by atoms with Crippen molar-refractivity contribution in [1.82, 2.24) is 10.4 Å². The topological polar surface area (TPSA) is 75.7 Å². The summed E-state index contributed by atoms with van der Waals surface area (Å²) in [6, 6.07) is 14.8. The van der Waals surface area contributed by atoms with Gasteiger partial charge >= 0.3 is 0 Å². The van der Waals surface area contributed by atoms with E-state index in [-0.39, 0.29) is 6.42 Å². The van der Waals surface area contributed by atoms with E-state index < -0.39 is 23.8 Å². The molecule has 1 heterocycles. The minimum absolute atomic E-state index is 0.210. The van der Waals surface area contributed by atoms with Crippen molar-refractivity contribution in [3.63, 3.8) is 0 Å². The fraction of sp³-hybridized carbons (Fsp3) is 0.167. The van der Waals surface area contributed by atoms with Crippen molar-refractivity contribution in [2.75, 3.05) is 7.11 Å². The van der Waals surface area contributed by atoms with E-state index in [4.69, 9.17) is 0 Å². The SMILES string of the molecule is CONC(=O)[C@H](Cc1ccccc1)N1C(=O)c2ccccc2C1=O. The summed E-state index contributed by atoms with van der Waals surface area (Å²) in [5, 5.41) is 0. The molecule has 0 spiro atoms. The van der Waals surface area contributed by atoms with Gasteiger partial charge in [-0.05, 0) is 17.7 Å². The molecule has 3 amide bonds. The van der Waals surface area contributed by atoms with E-state index in [2.05, 4.69) is 10.3 Å². The summed E-state index contributed by atoms with van der Waals surface area (Å²) in [4.78, 5) is 43.3. The Morgan fingerprint density at radius 3 is 2.08 bits per heavy atom. The molecular formula is C18H16N2O4. The number of hydroxylamine groups is 1. The van der Waals surface area contributed by atoms with Crippen molar-refractivity contribution in [2.24, 2.45) is 0 Å². The molecule has 0 radical (unpaired) electrons. The molecule has 2 aromatic carbocycles. The minimum atomic E-state index is -0.986. The van der Waals surface area contributed by atoms with E-state index in [9.17, 15) is 14.4 Å². The quantitative estimate of drug-likeness (QED) is 0.669. The highest BCUT2D eigenvalue weighted by molar-refractivity contribution is 6.22. The molecule has 0 fully saturated rings. The molecule has 0 saturated heterocycles. The van der Waals surface area contributed by atoms with Crippen molar-refractivity contribution in [3.05, 3.63) is 71.3 Å². The maximum absolute atomic E-state index is 12.6. The zero-order valence-corrected chi connectivity index (χ0v) is 13.1. The van der Waals surface area contributed by atoms with Crippen LogP contribution < -0.4 is 5.48 Å². The van der Waals surface area contributed by atoms with Gasteiger partial charge in [0.15, 0.2) is 0 Å². The third-order valence-corrected chi connectivity index (χ3v) is 3.91. The molecule has 0 aromatic heterocycles. The first-order chi connectivity index (χ1) is 11.6. The summed E-state index contributed by atoms with van der Waals surface area (Å²) in [5.41, 5.74) is 3.69. The smallest absolute Gasteiger partial charge is 0.267 e. The summed E-state index contributed by atoms with van der Waals surface area (Å²) in [7, 11) is 1.31. The Hall–Kier alpha value is -2.99. The Kier molecular flexibility index (Phi) is 4.39. The monoisotopic (exact) mass is 324 g/mol. The molecule has 1 aliphatic heterocycles. The Labute approximate surface area is 139 Å². The molecule has 3 rings (SSSR count). The average Bonchev–Trinajstić information content (AvgIpc) is 2.86. The zero-order valence-electron chi connectivity index (χ0n) is 13.1. The van der Waals surface area contributed by atoms with E-state index in [1.807, 2.05) is 30.3 Å². The molecule has 6 nitrogen and oxygen atoms in total. The highest BCUT2D eigenvalue weighted by atomic mass is 16.6. The molecule has 24 heavy (non-hydrogen) atoms. The van der Waals surface area contributed by atoms with Crippen LogP contribution in [0.2, 0.25) is 0 Å². The number of carbonyl (C=O) groups excluding carboxylic acids is 3. The van der Waals surface area contributed by atoms with E-state index in [1.54, 1.807) is 24.3 Å².